The first kappa shape index (κ1) is 19.0. The molecule has 2 aromatic rings. The van der Waals surface area contributed by atoms with Gasteiger partial charge < -0.3 is 15.1 Å². The fourth-order valence-corrected chi connectivity index (χ4v) is 3.28. The molecular weight excluding hydrogens is 368 g/mol. The number of nitro groups is 1. The molecule has 7 nitrogen and oxygen atoms in total. The van der Waals surface area contributed by atoms with E-state index in [1.165, 1.54) is 6.07 Å². The van der Waals surface area contributed by atoms with Crippen molar-refractivity contribution >= 4 is 34.6 Å². The molecule has 1 aliphatic heterocycles. The first-order valence-corrected chi connectivity index (χ1v) is 9.19. The number of anilines is 2. The number of amides is 1. The first-order chi connectivity index (χ1) is 13.0. The molecule has 0 aliphatic carbocycles. The highest BCUT2D eigenvalue weighted by Gasteiger charge is 2.23. The quantitative estimate of drug-likeness (QED) is 0.624. The Morgan fingerprint density at radius 2 is 1.81 bits per heavy atom. The standard InChI is InChI=1S/C19H21ClN4O3/c1-2-21-17-13-16(7-8-18(17)24(26)27)22-9-11-23(12-10-22)19(25)14-3-5-15(20)6-4-14/h3-8,13,21H,2,9-12H2,1H3. The minimum atomic E-state index is -0.384. The Hall–Kier alpha value is -2.80. The molecule has 2 aromatic carbocycles. The van der Waals surface area contributed by atoms with Crippen LogP contribution in [0.25, 0.3) is 0 Å². The van der Waals surface area contributed by atoms with Crippen molar-refractivity contribution in [2.45, 2.75) is 6.92 Å². The largest absolute Gasteiger partial charge is 0.380 e. The third kappa shape index (κ3) is 4.31. The van der Waals surface area contributed by atoms with E-state index in [1.807, 2.05) is 11.8 Å². The van der Waals surface area contributed by atoms with Crippen LogP contribution < -0.4 is 10.2 Å². The molecule has 1 heterocycles. The fraction of sp³-hybridized carbons (Fsp3) is 0.316. The predicted octanol–water partition coefficient (Wildman–Crippen LogP) is 3.64. The van der Waals surface area contributed by atoms with E-state index >= 15 is 0 Å². The van der Waals surface area contributed by atoms with Gasteiger partial charge in [-0.05, 0) is 43.3 Å². The summed E-state index contributed by atoms with van der Waals surface area (Å²) in [5.41, 5.74) is 2.12. The van der Waals surface area contributed by atoms with Crippen LogP contribution in [0.1, 0.15) is 17.3 Å². The Bertz CT molecular complexity index is 833. The lowest BCUT2D eigenvalue weighted by molar-refractivity contribution is -0.383. The van der Waals surface area contributed by atoms with Gasteiger partial charge in [0.1, 0.15) is 5.69 Å². The lowest BCUT2D eigenvalue weighted by Crippen LogP contribution is -2.48. The van der Waals surface area contributed by atoms with Crippen LogP contribution in [0, 0.1) is 10.1 Å². The van der Waals surface area contributed by atoms with Crippen LogP contribution >= 0.6 is 11.6 Å². The number of nitro benzene ring substituents is 1. The number of hydrogen-bond donors (Lipinski definition) is 1. The Balaban J connectivity index is 1.68. The summed E-state index contributed by atoms with van der Waals surface area (Å²) in [7, 11) is 0. The average molecular weight is 389 g/mol. The number of carbonyl (C=O) groups excluding carboxylic acids is 1. The third-order valence-corrected chi connectivity index (χ3v) is 4.82. The summed E-state index contributed by atoms with van der Waals surface area (Å²) < 4.78 is 0. The van der Waals surface area contributed by atoms with Crippen molar-refractivity contribution < 1.29 is 9.72 Å². The number of halogens is 1. The molecule has 0 unspecified atom stereocenters. The number of nitrogens with one attached hydrogen (secondary N) is 1. The van der Waals surface area contributed by atoms with Crippen LogP contribution in [-0.4, -0.2) is 48.5 Å². The highest BCUT2D eigenvalue weighted by atomic mass is 35.5. The van der Waals surface area contributed by atoms with Crippen molar-refractivity contribution in [2.24, 2.45) is 0 Å². The summed E-state index contributed by atoms with van der Waals surface area (Å²) in [4.78, 5) is 27.3. The molecule has 142 valence electrons. The number of benzene rings is 2. The normalized spacial score (nSPS) is 14.1. The molecule has 0 spiro atoms. The number of hydrogen-bond acceptors (Lipinski definition) is 5. The second kappa shape index (κ2) is 8.26. The van der Waals surface area contributed by atoms with E-state index in [4.69, 9.17) is 11.6 Å². The van der Waals surface area contributed by atoms with Crippen LogP contribution in [-0.2, 0) is 0 Å². The molecular formula is C19H21ClN4O3. The molecule has 1 N–H and O–H groups in total. The monoisotopic (exact) mass is 388 g/mol. The molecule has 0 atom stereocenters. The van der Waals surface area contributed by atoms with Gasteiger partial charge in [0.05, 0.1) is 4.92 Å². The smallest absolute Gasteiger partial charge is 0.292 e. The van der Waals surface area contributed by atoms with Gasteiger partial charge in [0.25, 0.3) is 11.6 Å². The summed E-state index contributed by atoms with van der Waals surface area (Å²) in [6.07, 6.45) is 0. The average Bonchev–Trinajstić information content (AvgIpc) is 2.68. The Morgan fingerprint density at radius 1 is 1.15 bits per heavy atom. The topological polar surface area (TPSA) is 78.7 Å². The van der Waals surface area contributed by atoms with Crippen molar-refractivity contribution in [2.75, 3.05) is 42.9 Å². The zero-order valence-electron chi connectivity index (χ0n) is 15.0. The molecule has 0 saturated carbocycles. The van der Waals surface area contributed by atoms with Gasteiger partial charge >= 0.3 is 0 Å². The fourth-order valence-electron chi connectivity index (χ4n) is 3.15. The molecule has 1 amide bonds. The van der Waals surface area contributed by atoms with Crippen LogP contribution in [0.3, 0.4) is 0 Å². The van der Waals surface area contributed by atoms with E-state index in [2.05, 4.69) is 10.2 Å². The van der Waals surface area contributed by atoms with Gasteiger partial charge in [0.15, 0.2) is 0 Å². The van der Waals surface area contributed by atoms with Gasteiger partial charge in [-0.2, -0.15) is 0 Å². The summed E-state index contributed by atoms with van der Waals surface area (Å²) in [5, 5.41) is 14.8. The Morgan fingerprint density at radius 3 is 2.41 bits per heavy atom. The molecule has 1 aliphatic rings. The van der Waals surface area contributed by atoms with Crippen LogP contribution in [0.4, 0.5) is 17.1 Å². The minimum Gasteiger partial charge on any atom is -0.380 e. The molecule has 27 heavy (non-hydrogen) atoms. The van der Waals surface area contributed by atoms with Crippen molar-refractivity contribution in [1.29, 1.82) is 0 Å². The molecule has 1 saturated heterocycles. The van der Waals surface area contributed by atoms with E-state index in [0.717, 1.165) is 5.69 Å². The maximum Gasteiger partial charge on any atom is 0.292 e. The van der Waals surface area contributed by atoms with E-state index < -0.39 is 0 Å². The summed E-state index contributed by atoms with van der Waals surface area (Å²) in [6, 6.07) is 12.0. The van der Waals surface area contributed by atoms with Gasteiger partial charge in [0.2, 0.25) is 0 Å². The minimum absolute atomic E-state index is 0.0108. The van der Waals surface area contributed by atoms with Gasteiger partial charge in [0, 0.05) is 55.1 Å². The summed E-state index contributed by atoms with van der Waals surface area (Å²) in [5.74, 6) is -0.0108. The van der Waals surface area contributed by atoms with Crippen LogP contribution in [0.2, 0.25) is 5.02 Å². The molecule has 0 bridgehead atoms. The molecule has 0 aromatic heterocycles. The maximum absolute atomic E-state index is 12.6. The van der Waals surface area contributed by atoms with Gasteiger partial charge in [-0.25, -0.2) is 0 Å². The lowest BCUT2D eigenvalue weighted by atomic mass is 10.1. The molecule has 1 fully saturated rings. The van der Waals surface area contributed by atoms with Crippen molar-refractivity contribution in [3.8, 4) is 0 Å². The third-order valence-electron chi connectivity index (χ3n) is 4.57. The molecule has 3 rings (SSSR count). The summed E-state index contributed by atoms with van der Waals surface area (Å²) >= 11 is 5.88. The van der Waals surface area contributed by atoms with E-state index in [1.54, 1.807) is 36.4 Å². The highest BCUT2D eigenvalue weighted by molar-refractivity contribution is 6.30. The van der Waals surface area contributed by atoms with E-state index in [9.17, 15) is 14.9 Å². The first-order valence-electron chi connectivity index (χ1n) is 8.81. The van der Waals surface area contributed by atoms with Gasteiger partial charge in [-0.15, -0.1) is 0 Å². The molecule has 8 heteroatoms. The Labute approximate surface area is 162 Å². The van der Waals surface area contributed by atoms with Crippen molar-refractivity contribution in [3.63, 3.8) is 0 Å². The second-order valence-electron chi connectivity index (χ2n) is 6.28. The molecule has 0 radical (unpaired) electrons. The number of nitrogens with zero attached hydrogens (tertiary/aromatic N) is 3. The van der Waals surface area contributed by atoms with Crippen molar-refractivity contribution in [1.82, 2.24) is 4.90 Å². The summed E-state index contributed by atoms with van der Waals surface area (Å²) in [6.45, 7) is 5.03. The SMILES string of the molecule is CCNc1cc(N2CCN(C(=O)c3ccc(Cl)cc3)CC2)ccc1[N+](=O)[O-]. The number of carbonyl (C=O) groups is 1. The van der Waals surface area contributed by atoms with Crippen LogP contribution in [0.15, 0.2) is 42.5 Å². The number of rotatable bonds is 5. The Kier molecular flexibility index (Phi) is 5.81. The highest BCUT2D eigenvalue weighted by Crippen LogP contribution is 2.30. The van der Waals surface area contributed by atoms with Crippen molar-refractivity contribution in [3.05, 3.63) is 63.2 Å². The zero-order chi connectivity index (χ0) is 19.4. The predicted molar refractivity (Wildman–Crippen MR) is 107 cm³/mol. The lowest BCUT2D eigenvalue weighted by Gasteiger charge is -2.36. The second-order valence-corrected chi connectivity index (χ2v) is 6.71. The zero-order valence-corrected chi connectivity index (χ0v) is 15.8. The van der Waals surface area contributed by atoms with Gasteiger partial charge in [-0.1, -0.05) is 11.6 Å². The van der Waals surface area contributed by atoms with Crippen LogP contribution in [0.5, 0.6) is 0 Å². The van der Waals surface area contributed by atoms with E-state index in [0.29, 0.717) is 49.0 Å². The maximum atomic E-state index is 12.6. The van der Waals surface area contributed by atoms with Gasteiger partial charge in [-0.3, -0.25) is 14.9 Å². The number of piperazine rings is 1. The van der Waals surface area contributed by atoms with E-state index in [-0.39, 0.29) is 16.5 Å².